The zero-order chi connectivity index (χ0) is 36.6. The number of aliphatic hydroxyl groups is 3. The van der Waals surface area contributed by atoms with E-state index < -0.39 is 41.1 Å². The van der Waals surface area contributed by atoms with E-state index in [0.717, 1.165) is 38.5 Å². The summed E-state index contributed by atoms with van der Waals surface area (Å²) in [5, 5.41) is 34.0. The maximum absolute atomic E-state index is 13.7. The van der Waals surface area contributed by atoms with Crippen LogP contribution in [0.25, 0.3) is 0 Å². The molecule has 0 aromatic rings. The molecule has 3 N–H and O–H groups in total. The van der Waals surface area contributed by atoms with Crippen molar-refractivity contribution in [3.63, 3.8) is 0 Å². The van der Waals surface area contributed by atoms with Crippen LogP contribution in [0, 0.1) is 5.92 Å². The lowest BCUT2D eigenvalue weighted by Gasteiger charge is -2.37. The highest BCUT2D eigenvalue weighted by atomic mass is 16.4. The number of hydrogen-bond donors (Lipinski definition) is 3. The van der Waals surface area contributed by atoms with Gasteiger partial charge in [-0.15, -0.1) is 0 Å². The summed E-state index contributed by atoms with van der Waals surface area (Å²) >= 11 is 0. The first-order valence-corrected chi connectivity index (χ1v) is 21.4. The normalized spacial score (nSPS) is 14.2. The molecule has 0 spiro atoms. The van der Waals surface area contributed by atoms with E-state index in [0.29, 0.717) is 38.5 Å². The predicted octanol–water partition coefficient (Wildman–Crippen LogP) is 11.3. The molecule has 0 aliphatic carbocycles. The monoisotopic (exact) mass is 695 g/mol. The Morgan fingerprint density at radius 2 is 0.653 bits per heavy atom. The van der Waals surface area contributed by atoms with Gasteiger partial charge in [-0.25, -0.2) is 0 Å². The molecule has 0 bridgehead atoms. The number of carbonyl (C=O) groups excluding carboxylic acids is 3. The quantitative estimate of drug-likeness (QED) is 0.0555. The van der Waals surface area contributed by atoms with Crippen LogP contribution in [0.4, 0.5) is 0 Å². The second-order valence-corrected chi connectivity index (χ2v) is 15.2. The van der Waals surface area contributed by atoms with E-state index in [4.69, 9.17) is 0 Å². The van der Waals surface area contributed by atoms with E-state index in [9.17, 15) is 29.7 Å². The number of unbranched alkanes of at least 4 members (excludes halogenated alkanes) is 24. The molecule has 49 heavy (non-hydrogen) atoms. The first-order valence-electron chi connectivity index (χ1n) is 21.4. The second-order valence-electron chi connectivity index (χ2n) is 15.2. The number of ketones is 3. The Labute approximate surface area is 303 Å². The molecule has 0 aliphatic heterocycles. The molecule has 0 amide bonds. The average Bonchev–Trinajstić information content (AvgIpc) is 3.10. The molecule has 0 heterocycles. The van der Waals surface area contributed by atoms with E-state index >= 15 is 0 Å². The van der Waals surface area contributed by atoms with E-state index in [-0.39, 0.29) is 12.8 Å². The van der Waals surface area contributed by atoms with Gasteiger partial charge in [-0.05, 0) is 25.7 Å². The average molecular weight is 695 g/mol. The summed E-state index contributed by atoms with van der Waals surface area (Å²) in [6.45, 7) is 8.35. The van der Waals surface area contributed by atoms with Crippen LogP contribution >= 0.6 is 0 Å². The van der Waals surface area contributed by atoms with Crippen LogP contribution < -0.4 is 0 Å². The van der Waals surface area contributed by atoms with Gasteiger partial charge in [0.25, 0.3) is 0 Å². The highest BCUT2D eigenvalue weighted by Crippen LogP contribution is 2.30. The summed E-state index contributed by atoms with van der Waals surface area (Å²) in [7, 11) is 0. The summed E-state index contributed by atoms with van der Waals surface area (Å²) < 4.78 is 0. The van der Waals surface area contributed by atoms with E-state index in [1.165, 1.54) is 116 Å². The highest BCUT2D eigenvalue weighted by molar-refractivity contribution is 6.02. The number of aliphatic hydroxyl groups excluding tert-OH is 2. The van der Waals surface area contributed by atoms with Crippen LogP contribution in [0.15, 0.2) is 0 Å². The number of hydrogen-bond acceptors (Lipinski definition) is 6. The second kappa shape index (κ2) is 32.8. The molecule has 0 saturated carbocycles. The largest absolute Gasteiger partial charge is 0.382 e. The zero-order valence-electron chi connectivity index (χ0n) is 32.9. The van der Waals surface area contributed by atoms with Crippen LogP contribution in [-0.4, -0.2) is 50.5 Å². The predicted molar refractivity (Wildman–Crippen MR) is 206 cm³/mol. The lowest BCUT2D eigenvalue weighted by molar-refractivity contribution is -0.184. The maximum atomic E-state index is 13.7. The van der Waals surface area contributed by atoms with Crippen molar-refractivity contribution in [3.05, 3.63) is 0 Å². The van der Waals surface area contributed by atoms with Crippen LogP contribution in [-0.2, 0) is 14.4 Å². The van der Waals surface area contributed by atoms with Gasteiger partial charge >= 0.3 is 0 Å². The minimum atomic E-state index is -2.81. The van der Waals surface area contributed by atoms with Gasteiger partial charge in [0, 0.05) is 18.8 Å². The van der Waals surface area contributed by atoms with Crippen molar-refractivity contribution >= 4 is 17.3 Å². The molecule has 0 rings (SSSR count). The summed E-state index contributed by atoms with van der Waals surface area (Å²) in [4.78, 5) is 40.1. The smallest absolute Gasteiger partial charge is 0.189 e. The molecule has 2 unspecified atom stereocenters. The molecule has 6 heteroatoms. The summed E-state index contributed by atoms with van der Waals surface area (Å²) in [5.74, 6) is -2.73. The van der Waals surface area contributed by atoms with Gasteiger partial charge in [-0.3, -0.25) is 14.4 Å². The van der Waals surface area contributed by atoms with Crippen molar-refractivity contribution < 1.29 is 29.7 Å². The highest BCUT2D eigenvalue weighted by Gasteiger charge is 2.55. The Hall–Kier alpha value is -1.11. The topological polar surface area (TPSA) is 112 Å². The lowest BCUT2D eigenvalue weighted by Crippen LogP contribution is -2.64. The van der Waals surface area contributed by atoms with E-state index in [1.54, 1.807) is 0 Å². The third-order valence-electron chi connectivity index (χ3n) is 10.5. The zero-order valence-corrected chi connectivity index (χ0v) is 32.9. The first kappa shape index (κ1) is 47.9. The first-order chi connectivity index (χ1) is 23.7. The summed E-state index contributed by atoms with van der Waals surface area (Å²) in [6, 6.07) is 0. The van der Waals surface area contributed by atoms with E-state index in [2.05, 4.69) is 13.8 Å². The van der Waals surface area contributed by atoms with Crippen molar-refractivity contribution in [3.8, 4) is 0 Å². The van der Waals surface area contributed by atoms with Crippen LogP contribution in [0.2, 0.25) is 0 Å². The molecule has 0 aromatic carbocycles. The number of carbonyl (C=O) groups is 3. The molecular formula is C43H82O6. The van der Waals surface area contributed by atoms with Gasteiger partial charge in [0.05, 0.1) is 0 Å². The third-order valence-corrected chi connectivity index (χ3v) is 10.5. The van der Waals surface area contributed by atoms with Gasteiger partial charge in [-0.2, -0.15) is 0 Å². The third kappa shape index (κ3) is 22.4. The molecule has 0 saturated heterocycles. The molecule has 6 nitrogen and oxygen atoms in total. The molecule has 0 aliphatic rings. The number of rotatable bonds is 38. The van der Waals surface area contributed by atoms with Crippen molar-refractivity contribution in [1.82, 2.24) is 0 Å². The molecular weight excluding hydrogens is 612 g/mol. The van der Waals surface area contributed by atoms with E-state index in [1.807, 2.05) is 13.8 Å². The van der Waals surface area contributed by atoms with Gasteiger partial charge in [0.2, 0.25) is 0 Å². The molecule has 0 fully saturated rings. The van der Waals surface area contributed by atoms with Crippen molar-refractivity contribution in [1.29, 1.82) is 0 Å². The fourth-order valence-electron chi connectivity index (χ4n) is 7.25. The van der Waals surface area contributed by atoms with Crippen LogP contribution in [0.1, 0.15) is 233 Å². The molecule has 0 radical (unpaired) electrons. The van der Waals surface area contributed by atoms with Gasteiger partial charge in [0.15, 0.2) is 35.2 Å². The van der Waals surface area contributed by atoms with Gasteiger partial charge in [-0.1, -0.05) is 195 Å². The Morgan fingerprint density at radius 1 is 0.408 bits per heavy atom. The summed E-state index contributed by atoms with van der Waals surface area (Å²) in [6.07, 6.45) is 28.4. The minimum absolute atomic E-state index is 0.0144. The Kier molecular flexibility index (Phi) is 32.0. The summed E-state index contributed by atoms with van der Waals surface area (Å²) in [5.41, 5.74) is -2.81. The van der Waals surface area contributed by atoms with Crippen molar-refractivity contribution in [2.45, 2.75) is 251 Å². The van der Waals surface area contributed by atoms with Gasteiger partial charge < -0.3 is 15.3 Å². The minimum Gasteiger partial charge on any atom is -0.382 e. The lowest BCUT2D eigenvalue weighted by atomic mass is 9.74. The standard InChI is InChI=1S/C43H82O6/c1-5-9-11-13-15-17-19-21-23-25-27-29-31-35-38(44)41(47)43(49,40(46)37(33-7-3)34-8-4)42(48)39(45)36-32-30-28-26-24-22-20-18-16-14-12-10-6-2/h37,41-42,47-49H,5-36H2,1-4H3. The van der Waals surface area contributed by atoms with Gasteiger partial charge in [0.1, 0.15) is 0 Å². The number of Topliss-reactive ketones (excluding diaryl/α,β-unsaturated/α-hetero) is 3. The SMILES string of the molecule is CCCCCCCCCCCCCCCC(=O)C(O)C(O)(C(=O)C(CCC)CCC)C(O)C(=O)CCCCCCCCCCCCCCC. The van der Waals surface area contributed by atoms with Crippen molar-refractivity contribution in [2.24, 2.45) is 5.92 Å². The molecule has 2 atom stereocenters. The fraction of sp³-hybridized carbons (Fsp3) is 0.930. The fourth-order valence-corrected chi connectivity index (χ4v) is 7.25. The Balaban J connectivity index is 4.80. The molecule has 290 valence electrons. The van der Waals surface area contributed by atoms with Crippen LogP contribution in [0.3, 0.4) is 0 Å². The Morgan fingerprint density at radius 3 is 0.898 bits per heavy atom. The maximum Gasteiger partial charge on any atom is 0.189 e. The van der Waals surface area contributed by atoms with Crippen LogP contribution in [0.5, 0.6) is 0 Å². The Bertz CT molecular complexity index is 741. The van der Waals surface area contributed by atoms with Crippen molar-refractivity contribution in [2.75, 3.05) is 0 Å². The molecule has 0 aromatic heterocycles.